The first-order chi connectivity index (χ1) is 14.2. The number of benzene rings is 2. The summed E-state index contributed by atoms with van der Waals surface area (Å²) in [4.78, 5) is 0. The van der Waals surface area contributed by atoms with Gasteiger partial charge >= 0.3 is 0 Å². The van der Waals surface area contributed by atoms with Crippen molar-refractivity contribution in [3.8, 4) is 17.3 Å². The molecular weight excluding hydrogens is 442 g/mol. The van der Waals surface area contributed by atoms with E-state index < -0.39 is 5.72 Å². The van der Waals surface area contributed by atoms with Crippen molar-refractivity contribution >= 4 is 21.6 Å². The second-order valence-electron chi connectivity index (χ2n) is 8.92. The Labute approximate surface area is 184 Å². The first-order valence-electron chi connectivity index (χ1n) is 10.0. The predicted octanol–water partition coefficient (Wildman–Crippen LogP) is 6.19. The van der Waals surface area contributed by atoms with Gasteiger partial charge in [-0.2, -0.15) is 5.10 Å². The monoisotopic (exact) mass is 465 g/mol. The Morgan fingerprint density at radius 2 is 1.83 bits per heavy atom. The van der Waals surface area contributed by atoms with Gasteiger partial charge in [-0.15, -0.1) is 0 Å². The summed E-state index contributed by atoms with van der Waals surface area (Å²) in [7, 11) is 0. The Morgan fingerprint density at radius 3 is 2.53 bits per heavy atom. The average molecular weight is 466 g/mol. The molecule has 1 spiro atoms. The van der Waals surface area contributed by atoms with E-state index in [0.29, 0.717) is 5.88 Å². The summed E-state index contributed by atoms with van der Waals surface area (Å²) < 4.78 is 15.5. The molecule has 5 nitrogen and oxygen atoms in total. The van der Waals surface area contributed by atoms with Crippen LogP contribution in [0.15, 0.2) is 58.8 Å². The van der Waals surface area contributed by atoms with Crippen molar-refractivity contribution in [2.75, 3.05) is 5.32 Å². The molecule has 1 N–H and O–H groups in total. The SMILES string of the molecule is CC1=CC2(Nc3cc(C(C)(C)C)cc(Br)c3O2)c2c(C)nn(-c3ccccc3)c2O1. The van der Waals surface area contributed by atoms with Gasteiger partial charge in [-0.3, -0.25) is 0 Å². The van der Waals surface area contributed by atoms with Crippen LogP contribution in [0.5, 0.6) is 11.6 Å². The third-order valence-electron chi connectivity index (χ3n) is 5.55. The number of allylic oxidation sites excluding steroid dienone is 1. The first kappa shape index (κ1) is 19.2. The van der Waals surface area contributed by atoms with E-state index in [0.717, 1.165) is 38.6 Å². The Hall–Kier alpha value is -2.73. The van der Waals surface area contributed by atoms with Crippen molar-refractivity contribution in [1.82, 2.24) is 9.78 Å². The van der Waals surface area contributed by atoms with Crippen LogP contribution in [0.25, 0.3) is 5.69 Å². The maximum absolute atomic E-state index is 6.59. The molecule has 0 fully saturated rings. The van der Waals surface area contributed by atoms with E-state index in [9.17, 15) is 0 Å². The third-order valence-corrected chi connectivity index (χ3v) is 6.14. The third kappa shape index (κ3) is 2.85. The number of nitrogens with one attached hydrogen (secondary N) is 1. The topological polar surface area (TPSA) is 48.3 Å². The number of para-hydroxylation sites is 1. The van der Waals surface area contributed by atoms with Gasteiger partial charge in [0.25, 0.3) is 0 Å². The van der Waals surface area contributed by atoms with Crippen molar-refractivity contribution in [2.24, 2.45) is 0 Å². The highest BCUT2D eigenvalue weighted by Gasteiger charge is 2.48. The van der Waals surface area contributed by atoms with Crippen LogP contribution in [0.4, 0.5) is 5.69 Å². The Balaban J connectivity index is 1.67. The number of aryl methyl sites for hydroxylation is 1. The first-order valence-corrected chi connectivity index (χ1v) is 10.8. The predicted molar refractivity (Wildman–Crippen MR) is 121 cm³/mol. The number of rotatable bonds is 1. The molecule has 3 heterocycles. The van der Waals surface area contributed by atoms with E-state index in [-0.39, 0.29) is 5.41 Å². The number of anilines is 1. The van der Waals surface area contributed by atoms with Gasteiger partial charge in [-0.05, 0) is 65.0 Å². The molecule has 2 aliphatic rings. The molecule has 30 heavy (non-hydrogen) atoms. The largest absolute Gasteiger partial charge is 0.456 e. The van der Waals surface area contributed by atoms with Crippen molar-refractivity contribution in [3.05, 3.63) is 75.6 Å². The zero-order valence-electron chi connectivity index (χ0n) is 17.7. The Morgan fingerprint density at radius 1 is 1.10 bits per heavy atom. The van der Waals surface area contributed by atoms with E-state index >= 15 is 0 Å². The molecule has 0 aliphatic carbocycles. The molecule has 0 amide bonds. The van der Waals surface area contributed by atoms with Crippen LogP contribution in [0.1, 0.15) is 44.5 Å². The normalized spacial score (nSPS) is 19.5. The highest BCUT2D eigenvalue weighted by Crippen LogP contribution is 2.52. The highest BCUT2D eigenvalue weighted by atomic mass is 79.9. The molecular formula is C24H24BrN3O2. The van der Waals surface area contributed by atoms with E-state index in [4.69, 9.17) is 14.6 Å². The fourth-order valence-corrected chi connectivity index (χ4v) is 4.64. The molecule has 0 saturated heterocycles. The molecule has 0 radical (unpaired) electrons. The minimum Gasteiger partial charge on any atom is -0.456 e. The quantitative estimate of drug-likeness (QED) is 0.464. The average Bonchev–Trinajstić information content (AvgIpc) is 3.20. The molecule has 5 rings (SSSR count). The zero-order valence-corrected chi connectivity index (χ0v) is 19.3. The molecule has 6 heteroatoms. The maximum atomic E-state index is 6.59. The van der Waals surface area contributed by atoms with Gasteiger partial charge in [0.1, 0.15) is 11.3 Å². The van der Waals surface area contributed by atoms with Gasteiger partial charge in [0, 0.05) is 6.08 Å². The molecule has 2 aliphatic heterocycles. The van der Waals surface area contributed by atoms with E-state index in [1.54, 1.807) is 0 Å². The molecule has 0 saturated carbocycles. The van der Waals surface area contributed by atoms with Crippen LogP contribution < -0.4 is 14.8 Å². The van der Waals surface area contributed by atoms with Crippen LogP contribution in [-0.2, 0) is 11.1 Å². The van der Waals surface area contributed by atoms with Crippen LogP contribution in [0.2, 0.25) is 0 Å². The zero-order chi connectivity index (χ0) is 21.3. The summed E-state index contributed by atoms with van der Waals surface area (Å²) in [5.74, 6) is 2.23. The van der Waals surface area contributed by atoms with Gasteiger partial charge in [0.2, 0.25) is 11.6 Å². The number of ether oxygens (including phenoxy) is 2. The summed E-state index contributed by atoms with van der Waals surface area (Å²) in [5.41, 5.74) is 4.02. The lowest BCUT2D eigenvalue weighted by Crippen LogP contribution is -2.38. The molecule has 1 aromatic heterocycles. The van der Waals surface area contributed by atoms with Crippen LogP contribution in [0, 0.1) is 6.92 Å². The van der Waals surface area contributed by atoms with Gasteiger partial charge in [0.15, 0.2) is 5.75 Å². The van der Waals surface area contributed by atoms with Gasteiger partial charge in [0.05, 0.1) is 21.5 Å². The van der Waals surface area contributed by atoms with Gasteiger partial charge in [-0.25, -0.2) is 4.68 Å². The summed E-state index contributed by atoms with van der Waals surface area (Å²) in [6.07, 6.45) is 1.99. The molecule has 1 atom stereocenters. The Kier molecular flexibility index (Phi) is 4.09. The fourth-order valence-electron chi connectivity index (χ4n) is 4.10. The van der Waals surface area contributed by atoms with Crippen molar-refractivity contribution in [1.29, 1.82) is 0 Å². The summed E-state index contributed by atoms with van der Waals surface area (Å²) in [6, 6.07) is 14.3. The molecule has 1 unspecified atom stereocenters. The molecule has 154 valence electrons. The Bertz CT molecular complexity index is 1190. The van der Waals surface area contributed by atoms with E-state index in [1.165, 1.54) is 5.56 Å². The van der Waals surface area contributed by atoms with Crippen molar-refractivity contribution in [2.45, 2.75) is 45.8 Å². The van der Waals surface area contributed by atoms with E-state index in [2.05, 4.69) is 54.2 Å². The molecule has 0 bridgehead atoms. The maximum Gasteiger partial charge on any atom is 0.237 e. The summed E-state index contributed by atoms with van der Waals surface area (Å²) in [5, 5.41) is 8.42. The molecule has 3 aromatic rings. The van der Waals surface area contributed by atoms with Crippen LogP contribution >= 0.6 is 15.9 Å². The molecule has 2 aromatic carbocycles. The smallest absolute Gasteiger partial charge is 0.237 e. The summed E-state index contributed by atoms with van der Waals surface area (Å²) >= 11 is 3.72. The van der Waals surface area contributed by atoms with E-state index in [1.807, 2.05) is 54.9 Å². The lowest BCUT2D eigenvalue weighted by atomic mass is 9.87. The fraction of sp³-hybridized carbons (Fsp3) is 0.292. The standard InChI is InChI=1S/C24H24BrN3O2/c1-14-13-24(26-19-12-16(23(3,4)5)11-18(25)21(19)30-24)20-15(2)27-28(22(20)29-14)17-9-7-6-8-10-17/h6-13,26H,1-5H3. The van der Waals surface area contributed by atoms with Crippen molar-refractivity contribution in [3.63, 3.8) is 0 Å². The number of aromatic nitrogens is 2. The number of halogens is 1. The minimum atomic E-state index is -0.865. The van der Waals surface area contributed by atoms with Crippen LogP contribution in [0.3, 0.4) is 0 Å². The lowest BCUT2D eigenvalue weighted by Gasteiger charge is -2.31. The number of hydrogen-bond acceptors (Lipinski definition) is 4. The summed E-state index contributed by atoms with van der Waals surface area (Å²) in [6.45, 7) is 10.5. The second kappa shape index (κ2) is 6.38. The highest BCUT2D eigenvalue weighted by molar-refractivity contribution is 9.10. The lowest BCUT2D eigenvalue weighted by molar-refractivity contribution is 0.152. The van der Waals surface area contributed by atoms with Gasteiger partial charge in [-0.1, -0.05) is 39.0 Å². The number of fused-ring (bicyclic) bond motifs is 3. The van der Waals surface area contributed by atoms with Crippen molar-refractivity contribution < 1.29 is 9.47 Å². The minimum absolute atomic E-state index is 0.0235. The number of hydrogen-bond donors (Lipinski definition) is 1. The van der Waals surface area contributed by atoms with Crippen LogP contribution in [-0.4, -0.2) is 9.78 Å². The van der Waals surface area contributed by atoms with Gasteiger partial charge < -0.3 is 14.8 Å². The second-order valence-corrected chi connectivity index (χ2v) is 9.77. The number of nitrogens with zero attached hydrogens (tertiary/aromatic N) is 2.